The number of carbonyl (C=O) groups excluding carboxylic acids is 2. The van der Waals surface area contributed by atoms with E-state index in [1.54, 1.807) is 23.2 Å². The van der Waals surface area contributed by atoms with Gasteiger partial charge in [0.1, 0.15) is 5.69 Å². The van der Waals surface area contributed by atoms with Gasteiger partial charge in [-0.2, -0.15) is 0 Å². The van der Waals surface area contributed by atoms with Crippen LogP contribution >= 0.6 is 11.3 Å². The van der Waals surface area contributed by atoms with Gasteiger partial charge in [0.05, 0.1) is 16.8 Å². The first-order valence-corrected chi connectivity index (χ1v) is 10.4. The summed E-state index contributed by atoms with van der Waals surface area (Å²) in [5.41, 5.74) is 2.00. The van der Waals surface area contributed by atoms with Crippen molar-refractivity contribution < 1.29 is 14.3 Å². The van der Waals surface area contributed by atoms with Crippen molar-refractivity contribution in [3.05, 3.63) is 23.2 Å². The van der Waals surface area contributed by atoms with Crippen molar-refractivity contribution in [2.24, 2.45) is 0 Å². The molecule has 6 nitrogen and oxygen atoms in total. The number of fused-ring (bicyclic) bond motifs is 1. The summed E-state index contributed by atoms with van der Waals surface area (Å²) in [6.07, 6.45) is 4.49. The zero-order chi connectivity index (χ0) is 18.1. The van der Waals surface area contributed by atoms with Crippen LogP contribution in [0.3, 0.4) is 0 Å². The van der Waals surface area contributed by atoms with Gasteiger partial charge >= 0.3 is 6.09 Å². The van der Waals surface area contributed by atoms with Gasteiger partial charge in [-0.05, 0) is 37.3 Å². The van der Waals surface area contributed by atoms with E-state index in [0.717, 1.165) is 18.5 Å². The largest absolute Gasteiger partial charge is 0.450 e. The number of carbonyl (C=O) groups is 2. The Morgan fingerprint density at radius 1 is 1.15 bits per heavy atom. The van der Waals surface area contributed by atoms with Gasteiger partial charge in [-0.1, -0.05) is 12.8 Å². The zero-order valence-electron chi connectivity index (χ0n) is 15.1. The normalized spacial score (nSPS) is 18.7. The molecule has 3 heterocycles. The molecule has 0 unspecified atom stereocenters. The molecule has 2 aliphatic rings. The zero-order valence-corrected chi connectivity index (χ0v) is 16.0. The Labute approximate surface area is 157 Å². The molecule has 1 saturated heterocycles. The van der Waals surface area contributed by atoms with E-state index >= 15 is 0 Å². The maximum absolute atomic E-state index is 13.2. The second-order valence-electron chi connectivity index (χ2n) is 6.99. The number of thiophene rings is 1. The molecule has 26 heavy (non-hydrogen) atoms. The number of nitrogens with zero attached hydrogens (tertiary/aromatic N) is 3. The molecule has 0 radical (unpaired) electrons. The minimum atomic E-state index is -0.283. The van der Waals surface area contributed by atoms with Crippen molar-refractivity contribution in [3.8, 4) is 0 Å². The van der Waals surface area contributed by atoms with Gasteiger partial charge in [0.25, 0.3) is 5.91 Å². The van der Waals surface area contributed by atoms with E-state index in [2.05, 4.69) is 22.1 Å². The first-order valence-electron chi connectivity index (χ1n) is 9.48. The summed E-state index contributed by atoms with van der Waals surface area (Å²) in [4.78, 5) is 28.6. The Morgan fingerprint density at radius 3 is 2.54 bits per heavy atom. The number of rotatable bonds is 3. The topological polar surface area (TPSA) is 54.8 Å². The smallest absolute Gasteiger partial charge is 0.409 e. The molecule has 1 saturated carbocycles. The van der Waals surface area contributed by atoms with Crippen molar-refractivity contribution in [3.63, 3.8) is 0 Å². The Hall–Kier alpha value is -2.02. The van der Waals surface area contributed by atoms with E-state index in [1.165, 1.54) is 23.1 Å². The minimum Gasteiger partial charge on any atom is -0.450 e. The fraction of sp³-hybridized carbons (Fsp3) is 0.579. The lowest BCUT2D eigenvalue weighted by Gasteiger charge is -2.34. The van der Waals surface area contributed by atoms with Crippen molar-refractivity contribution in [2.45, 2.75) is 38.6 Å². The fourth-order valence-electron chi connectivity index (χ4n) is 4.13. The van der Waals surface area contributed by atoms with Gasteiger partial charge in [0, 0.05) is 32.2 Å². The summed E-state index contributed by atoms with van der Waals surface area (Å²) >= 11 is 1.69. The Balaban J connectivity index is 1.53. The Bertz CT molecular complexity index is 798. The van der Waals surface area contributed by atoms with Crippen molar-refractivity contribution >= 4 is 33.6 Å². The average molecular weight is 375 g/mol. The molecule has 0 bridgehead atoms. The lowest BCUT2D eigenvalue weighted by molar-refractivity contribution is 0.0561. The number of hydrogen-bond donors (Lipinski definition) is 0. The van der Waals surface area contributed by atoms with Crippen LogP contribution in [-0.2, 0) is 4.74 Å². The van der Waals surface area contributed by atoms with Crippen LogP contribution in [0.5, 0.6) is 0 Å². The van der Waals surface area contributed by atoms with Crippen molar-refractivity contribution in [2.75, 3.05) is 32.8 Å². The quantitative estimate of drug-likeness (QED) is 0.821. The first kappa shape index (κ1) is 17.4. The van der Waals surface area contributed by atoms with E-state index in [-0.39, 0.29) is 12.0 Å². The van der Waals surface area contributed by atoms with Gasteiger partial charge in [-0.25, -0.2) is 4.79 Å². The second kappa shape index (κ2) is 7.31. The van der Waals surface area contributed by atoms with Crippen LogP contribution in [0.4, 0.5) is 4.79 Å². The summed E-state index contributed by atoms with van der Waals surface area (Å²) < 4.78 is 8.52. The van der Waals surface area contributed by atoms with Crippen LogP contribution in [0.25, 0.3) is 10.2 Å². The molecule has 0 aromatic carbocycles. The van der Waals surface area contributed by atoms with E-state index in [9.17, 15) is 9.59 Å². The molecule has 2 amide bonds. The summed E-state index contributed by atoms with van der Waals surface area (Å²) in [6.45, 7) is 4.36. The highest BCUT2D eigenvalue weighted by Gasteiger charge is 2.30. The molecule has 2 aromatic heterocycles. The first-order chi connectivity index (χ1) is 12.7. The third kappa shape index (κ3) is 3.09. The van der Waals surface area contributed by atoms with Crippen molar-refractivity contribution in [1.29, 1.82) is 0 Å². The molecule has 0 N–H and O–H groups in total. The molecule has 2 aromatic rings. The highest BCUT2D eigenvalue weighted by atomic mass is 32.1. The third-order valence-electron chi connectivity index (χ3n) is 5.46. The van der Waals surface area contributed by atoms with Crippen LogP contribution in [0.15, 0.2) is 17.5 Å². The highest BCUT2D eigenvalue weighted by Crippen LogP contribution is 2.36. The van der Waals surface area contributed by atoms with Gasteiger partial charge in [-0.15, -0.1) is 11.3 Å². The Kier molecular flexibility index (Phi) is 4.89. The molecule has 0 atom stereocenters. The van der Waals surface area contributed by atoms with Gasteiger partial charge in [0.15, 0.2) is 0 Å². The highest BCUT2D eigenvalue weighted by molar-refractivity contribution is 7.17. The summed E-state index contributed by atoms with van der Waals surface area (Å²) in [6, 6.07) is 4.62. The molecule has 4 rings (SSSR count). The van der Waals surface area contributed by atoms with Crippen LogP contribution in [0.1, 0.15) is 49.1 Å². The molecule has 140 valence electrons. The maximum atomic E-state index is 13.2. The predicted molar refractivity (Wildman–Crippen MR) is 102 cm³/mol. The number of ether oxygens (including phenoxy) is 1. The lowest BCUT2D eigenvalue weighted by Crippen LogP contribution is -2.51. The summed E-state index contributed by atoms with van der Waals surface area (Å²) in [5.74, 6) is 0.0869. The van der Waals surface area contributed by atoms with Crippen molar-refractivity contribution in [1.82, 2.24) is 14.4 Å². The number of piperazine rings is 1. The molecule has 0 spiro atoms. The van der Waals surface area contributed by atoms with Gasteiger partial charge in [0.2, 0.25) is 0 Å². The lowest BCUT2D eigenvalue weighted by atomic mass is 10.2. The summed E-state index contributed by atoms with van der Waals surface area (Å²) in [5, 5.41) is 2.10. The minimum absolute atomic E-state index is 0.0869. The maximum Gasteiger partial charge on any atom is 0.409 e. The standard InChI is InChI=1S/C19H25N3O3S/c1-2-25-19(24)21-10-8-20(9-11-21)18(23)16-13-17-15(7-12-26-17)22(16)14-5-3-4-6-14/h7,12-14H,2-6,8-11H2,1H3. The Morgan fingerprint density at radius 2 is 1.85 bits per heavy atom. The van der Waals surface area contributed by atoms with E-state index < -0.39 is 0 Å². The number of aromatic nitrogens is 1. The SMILES string of the molecule is CCOC(=O)N1CCN(C(=O)c2cc3sccc3n2C2CCCC2)CC1. The summed E-state index contributed by atoms with van der Waals surface area (Å²) in [7, 11) is 0. The predicted octanol–water partition coefficient (Wildman–Crippen LogP) is 3.73. The van der Waals surface area contributed by atoms with Crippen LogP contribution in [0.2, 0.25) is 0 Å². The van der Waals surface area contributed by atoms with Crippen LogP contribution in [-0.4, -0.2) is 59.2 Å². The molecular weight excluding hydrogens is 350 g/mol. The number of amides is 2. The van der Waals surface area contributed by atoms with E-state index in [0.29, 0.717) is 38.8 Å². The molecule has 7 heteroatoms. The van der Waals surface area contributed by atoms with Crippen LogP contribution < -0.4 is 0 Å². The molecular formula is C19H25N3O3S. The van der Waals surface area contributed by atoms with E-state index in [4.69, 9.17) is 4.74 Å². The van der Waals surface area contributed by atoms with Gasteiger partial charge < -0.3 is 19.1 Å². The molecule has 1 aliphatic heterocycles. The molecule has 1 aliphatic carbocycles. The third-order valence-corrected chi connectivity index (χ3v) is 6.32. The second-order valence-corrected chi connectivity index (χ2v) is 7.93. The fourth-order valence-corrected chi connectivity index (χ4v) is 4.94. The van der Waals surface area contributed by atoms with Gasteiger partial charge in [-0.3, -0.25) is 4.79 Å². The monoisotopic (exact) mass is 375 g/mol. The van der Waals surface area contributed by atoms with Crippen LogP contribution in [0, 0.1) is 0 Å². The average Bonchev–Trinajstić information content (AvgIpc) is 3.38. The number of hydrogen-bond acceptors (Lipinski definition) is 4. The molecule has 2 fully saturated rings. The van der Waals surface area contributed by atoms with E-state index in [1.807, 2.05) is 4.90 Å².